The molecule has 0 amide bonds. The van der Waals surface area contributed by atoms with E-state index in [0.29, 0.717) is 6.61 Å². The van der Waals surface area contributed by atoms with Crippen LogP contribution in [0.5, 0.6) is 0 Å². The highest BCUT2D eigenvalue weighted by Crippen LogP contribution is 2.26. The van der Waals surface area contributed by atoms with E-state index in [9.17, 15) is 4.39 Å². The maximum atomic E-state index is 13.3. The fourth-order valence-corrected chi connectivity index (χ4v) is 1.92. The molecule has 0 spiro atoms. The van der Waals surface area contributed by atoms with Crippen LogP contribution in [0.4, 0.5) is 4.39 Å². The van der Waals surface area contributed by atoms with Crippen molar-refractivity contribution in [2.24, 2.45) is 0 Å². The molecule has 1 atom stereocenters. The van der Waals surface area contributed by atoms with Gasteiger partial charge in [-0.1, -0.05) is 49.4 Å². The zero-order valence-corrected chi connectivity index (χ0v) is 10.5. The van der Waals surface area contributed by atoms with Crippen LogP contribution >= 0.6 is 0 Å². The smallest absolute Gasteiger partial charge is 0.123 e. The van der Waals surface area contributed by atoms with E-state index >= 15 is 0 Å². The molecule has 1 unspecified atom stereocenters. The Labute approximate surface area is 107 Å². The first kappa shape index (κ1) is 12.8. The molecule has 94 valence electrons. The van der Waals surface area contributed by atoms with Gasteiger partial charge in [0.15, 0.2) is 0 Å². The Bertz CT molecular complexity index is 481. The molecule has 0 aliphatic heterocycles. The van der Waals surface area contributed by atoms with Gasteiger partial charge in [-0.15, -0.1) is 0 Å². The molecule has 0 aromatic heterocycles. The third kappa shape index (κ3) is 3.17. The lowest BCUT2D eigenvalue weighted by Crippen LogP contribution is -2.07. The van der Waals surface area contributed by atoms with Gasteiger partial charge in [-0.3, -0.25) is 0 Å². The lowest BCUT2D eigenvalue weighted by Gasteiger charge is -2.18. The molecule has 0 N–H and O–H groups in total. The minimum Gasteiger partial charge on any atom is -0.369 e. The van der Waals surface area contributed by atoms with Crippen molar-refractivity contribution in [3.8, 4) is 0 Å². The highest BCUT2D eigenvalue weighted by atomic mass is 19.1. The summed E-state index contributed by atoms with van der Waals surface area (Å²) in [5.41, 5.74) is 1.91. The number of rotatable bonds is 5. The van der Waals surface area contributed by atoms with E-state index in [1.54, 1.807) is 6.07 Å². The molecule has 0 bridgehead atoms. The van der Waals surface area contributed by atoms with Crippen LogP contribution in [0.3, 0.4) is 0 Å². The fraction of sp³-hybridized carbons (Fsp3) is 0.250. The van der Waals surface area contributed by atoms with Gasteiger partial charge in [0.05, 0.1) is 0 Å². The maximum Gasteiger partial charge on any atom is 0.123 e. The van der Waals surface area contributed by atoms with Gasteiger partial charge in [0.1, 0.15) is 11.9 Å². The quantitative estimate of drug-likeness (QED) is 0.760. The lowest BCUT2D eigenvalue weighted by atomic mass is 10.0. The van der Waals surface area contributed by atoms with E-state index in [-0.39, 0.29) is 11.9 Å². The van der Waals surface area contributed by atoms with E-state index in [2.05, 4.69) is 6.92 Å². The van der Waals surface area contributed by atoms with Gasteiger partial charge in [-0.25, -0.2) is 4.39 Å². The first-order valence-electron chi connectivity index (χ1n) is 6.23. The summed E-state index contributed by atoms with van der Waals surface area (Å²) < 4.78 is 19.2. The first-order valence-corrected chi connectivity index (χ1v) is 6.23. The van der Waals surface area contributed by atoms with E-state index in [4.69, 9.17) is 4.74 Å². The largest absolute Gasteiger partial charge is 0.369 e. The van der Waals surface area contributed by atoms with Crippen molar-refractivity contribution in [1.29, 1.82) is 0 Å². The molecule has 1 nitrogen and oxygen atoms in total. The van der Waals surface area contributed by atoms with Crippen molar-refractivity contribution in [3.63, 3.8) is 0 Å². The molecule has 0 aliphatic rings. The molecule has 18 heavy (non-hydrogen) atoms. The minimum absolute atomic E-state index is 0.193. The normalized spacial score (nSPS) is 12.3. The van der Waals surface area contributed by atoms with E-state index < -0.39 is 0 Å². The van der Waals surface area contributed by atoms with Crippen molar-refractivity contribution in [3.05, 3.63) is 71.5 Å². The SMILES string of the molecule is CCCOC(c1ccccc1)c1cccc(F)c1. The summed E-state index contributed by atoms with van der Waals surface area (Å²) >= 11 is 0. The predicted molar refractivity (Wildman–Crippen MR) is 70.9 cm³/mol. The van der Waals surface area contributed by atoms with Crippen LogP contribution in [-0.4, -0.2) is 6.61 Å². The molecule has 0 saturated heterocycles. The van der Waals surface area contributed by atoms with Crippen molar-refractivity contribution >= 4 is 0 Å². The van der Waals surface area contributed by atoms with Crippen LogP contribution < -0.4 is 0 Å². The zero-order valence-electron chi connectivity index (χ0n) is 10.5. The highest BCUT2D eigenvalue weighted by Gasteiger charge is 2.14. The topological polar surface area (TPSA) is 9.23 Å². The molecule has 2 rings (SSSR count). The van der Waals surface area contributed by atoms with Crippen molar-refractivity contribution in [2.45, 2.75) is 19.4 Å². The second kappa shape index (κ2) is 6.31. The maximum absolute atomic E-state index is 13.3. The van der Waals surface area contributed by atoms with E-state index in [0.717, 1.165) is 17.5 Å². The van der Waals surface area contributed by atoms with Crippen LogP contribution in [0, 0.1) is 5.82 Å². The van der Waals surface area contributed by atoms with Gasteiger partial charge in [-0.05, 0) is 29.7 Å². The van der Waals surface area contributed by atoms with Gasteiger partial charge in [0.2, 0.25) is 0 Å². The van der Waals surface area contributed by atoms with Crippen LogP contribution in [0.15, 0.2) is 54.6 Å². The van der Waals surface area contributed by atoms with Gasteiger partial charge in [-0.2, -0.15) is 0 Å². The summed E-state index contributed by atoms with van der Waals surface area (Å²) in [6, 6.07) is 16.5. The molecule has 0 aliphatic carbocycles. The third-order valence-electron chi connectivity index (χ3n) is 2.74. The number of halogens is 1. The van der Waals surface area contributed by atoms with Crippen LogP contribution in [-0.2, 0) is 4.74 Å². The van der Waals surface area contributed by atoms with Crippen LogP contribution in [0.25, 0.3) is 0 Å². The molecule has 0 fully saturated rings. The van der Waals surface area contributed by atoms with Crippen molar-refractivity contribution < 1.29 is 9.13 Å². The average Bonchev–Trinajstić information content (AvgIpc) is 2.40. The highest BCUT2D eigenvalue weighted by molar-refractivity contribution is 5.30. The molecule has 2 aromatic rings. The van der Waals surface area contributed by atoms with Gasteiger partial charge in [0.25, 0.3) is 0 Å². The lowest BCUT2D eigenvalue weighted by molar-refractivity contribution is 0.0804. The summed E-state index contributed by atoms with van der Waals surface area (Å²) in [5.74, 6) is -0.228. The van der Waals surface area contributed by atoms with E-state index in [1.807, 2.05) is 36.4 Å². The first-order chi connectivity index (χ1) is 8.81. The van der Waals surface area contributed by atoms with Crippen LogP contribution in [0.2, 0.25) is 0 Å². The van der Waals surface area contributed by atoms with Gasteiger partial charge in [0, 0.05) is 6.61 Å². The molecule has 2 aromatic carbocycles. The second-order valence-electron chi connectivity index (χ2n) is 4.22. The summed E-state index contributed by atoms with van der Waals surface area (Å²) in [6.07, 6.45) is 0.750. The Balaban J connectivity index is 2.31. The molecule has 0 saturated carbocycles. The minimum atomic E-state index is -0.228. The fourth-order valence-electron chi connectivity index (χ4n) is 1.92. The Morgan fingerprint density at radius 1 is 1.00 bits per heavy atom. The zero-order chi connectivity index (χ0) is 12.8. The Morgan fingerprint density at radius 3 is 2.39 bits per heavy atom. The van der Waals surface area contributed by atoms with Crippen molar-refractivity contribution in [2.75, 3.05) is 6.61 Å². The number of benzene rings is 2. The second-order valence-corrected chi connectivity index (χ2v) is 4.22. The summed E-state index contributed by atoms with van der Waals surface area (Å²) in [6.45, 7) is 2.73. The Morgan fingerprint density at radius 2 is 1.72 bits per heavy atom. The number of hydrogen-bond acceptors (Lipinski definition) is 1. The summed E-state index contributed by atoms with van der Waals surface area (Å²) in [4.78, 5) is 0. The molecule has 0 radical (unpaired) electrons. The number of hydrogen-bond donors (Lipinski definition) is 0. The molecule has 0 heterocycles. The molecule has 2 heteroatoms. The average molecular weight is 244 g/mol. The standard InChI is InChI=1S/C16H17FO/c1-2-11-18-16(13-7-4-3-5-8-13)14-9-6-10-15(17)12-14/h3-10,12,16H,2,11H2,1H3. The van der Waals surface area contributed by atoms with Crippen LogP contribution in [0.1, 0.15) is 30.6 Å². The van der Waals surface area contributed by atoms with Gasteiger partial charge < -0.3 is 4.74 Å². The molecular formula is C16H17FO. The summed E-state index contributed by atoms with van der Waals surface area (Å²) in [5, 5.41) is 0. The Hall–Kier alpha value is -1.67. The summed E-state index contributed by atoms with van der Waals surface area (Å²) in [7, 11) is 0. The van der Waals surface area contributed by atoms with Crippen molar-refractivity contribution in [1.82, 2.24) is 0 Å². The van der Waals surface area contributed by atoms with Gasteiger partial charge >= 0.3 is 0 Å². The monoisotopic (exact) mass is 244 g/mol. The van der Waals surface area contributed by atoms with E-state index in [1.165, 1.54) is 12.1 Å². The Kier molecular flexibility index (Phi) is 4.48. The number of ether oxygens (including phenoxy) is 1. The predicted octanol–water partition coefficient (Wildman–Crippen LogP) is 4.34. The molecular weight excluding hydrogens is 227 g/mol. The third-order valence-corrected chi connectivity index (χ3v) is 2.74.